The Morgan fingerprint density at radius 1 is 0.886 bits per heavy atom. The number of hydrogen-bond donors (Lipinski definition) is 2. The van der Waals surface area contributed by atoms with Crippen LogP contribution in [0, 0.1) is 5.41 Å². The molecule has 2 heterocycles. The van der Waals surface area contributed by atoms with Crippen molar-refractivity contribution in [2.75, 3.05) is 0 Å². The molecular formula is C31H39N3O. The first-order valence-corrected chi connectivity index (χ1v) is 13.9. The SMILES string of the molecule is CC12CC3CC(NC(=O)NC4C[C@H]5CC[C@@H](C4)N5Cc4ccccc4)(CC(C1)c1ccccc13)C2. The first-order chi connectivity index (χ1) is 17.0. The largest absolute Gasteiger partial charge is 0.335 e. The van der Waals surface area contributed by atoms with Crippen LogP contribution >= 0.6 is 0 Å². The van der Waals surface area contributed by atoms with Crippen LogP contribution in [-0.2, 0) is 6.54 Å². The van der Waals surface area contributed by atoms with Crippen LogP contribution in [0.1, 0.15) is 93.2 Å². The molecule has 4 nitrogen and oxygen atoms in total. The van der Waals surface area contributed by atoms with Crippen molar-refractivity contribution < 1.29 is 4.79 Å². The standard InChI is InChI=1S/C31H39N3O/c1-30-15-22-17-31(20-30,18-23(16-30)28-10-6-5-9-27(22)28)33-29(35)32-24-13-25-11-12-26(14-24)34(25)19-21-7-3-2-4-8-21/h2-10,22-26H,11-20H2,1H3,(H2,32,33,35)/t22?,23?,24?,25-,26+,30?,31?. The predicted octanol–water partition coefficient (Wildman–Crippen LogP) is 6.09. The minimum atomic E-state index is -0.0588. The Balaban J connectivity index is 1.03. The zero-order valence-electron chi connectivity index (χ0n) is 21.0. The van der Waals surface area contributed by atoms with Gasteiger partial charge in [0.05, 0.1) is 0 Å². The number of nitrogens with zero attached hydrogens (tertiary/aromatic N) is 1. The molecule has 2 saturated heterocycles. The average Bonchev–Trinajstić information content (AvgIpc) is 2.97. The van der Waals surface area contributed by atoms with Gasteiger partial charge in [0.1, 0.15) is 0 Å². The van der Waals surface area contributed by atoms with Crippen LogP contribution in [0.25, 0.3) is 0 Å². The van der Waals surface area contributed by atoms with Gasteiger partial charge in [0, 0.05) is 30.2 Å². The fourth-order valence-corrected chi connectivity index (χ4v) is 9.30. The number of fused-ring (bicyclic) bond motifs is 2. The van der Waals surface area contributed by atoms with Crippen molar-refractivity contribution in [3.8, 4) is 0 Å². The molecule has 35 heavy (non-hydrogen) atoms. The Labute approximate surface area is 209 Å². The molecular weight excluding hydrogens is 430 g/mol. The summed E-state index contributed by atoms with van der Waals surface area (Å²) >= 11 is 0. The third-order valence-corrected chi connectivity index (χ3v) is 10.2. The van der Waals surface area contributed by atoms with Crippen molar-refractivity contribution in [3.63, 3.8) is 0 Å². The number of hydrogen-bond acceptors (Lipinski definition) is 2. The maximum absolute atomic E-state index is 13.5. The van der Waals surface area contributed by atoms with Crippen LogP contribution < -0.4 is 10.6 Å². The van der Waals surface area contributed by atoms with E-state index < -0.39 is 0 Å². The summed E-state index contributed by atoms with van der Waals surface area (Å²) in [6.45, 7) is 3.52. The second-order valence-electron chi connectivity index (χ2n) is 12.9. The molecule has 4 fully saturated rings. The molecule has 2 aromatic rings. The van der Waals surface area contributed by atoms with Gasteiger partial charge in [-0.15, -0.1) is 0 Å². The molecule has 4 aliphatic carbocycles. The van der Waals surface area contributed by atoms with E-state index in [1.807, 2.05) is 0 Å². The van der Waals surface area contributed by atoms with Gasteiger partial charge in [0.25, 0.3) is 0 Å². The van der Waals surface area contributed by atoms with Crippen LogP contribution in [0.3, 0.4) is 0 Å². The van der Waals surface area contributed by atoms with Crippen LogP contribution in [0.4, 0.5) is 4.79 Å². The van der Waals surface area contributed by atoms with Gasteiger partial charge < -0.3 is 10.6 Å². The summed E-state index contributed by atoms with van der Waals surface area (Å²) in [4.78, 5) is 16.2. The molecule has 2 saturated carbocycles. The molecule has 0 aromatic heterocycles. The van der Waals surface area contributed by atoms with Gasteiger partial charge in [0.2, 0.25) is 0 Å². The highest BCUT2D eigenvalue weighted by Gasteiger charge is 2.55. The van der Waals surface area contributed by atoms with Gasteiger partial charge in [0.15, 0.2) is 0 Å². The molecule has 2 aromatic carbocycles. The van der Waals surface area contributed by atoms with Gasteiger partial charge in [-0.1, -0.05) is 61.5 Å². The molecule has 4 heteroatoms. The molecule has 8 rings (SSSR count). The van der Waals surface area contributed by atoms with Crippen LogP contribution in [0.5, 0.6) is 0 Å². The quantitative estimate of drug-likeness (QED) is 0.569. The maximum atomic E-state index is 13.5. The van der Waals surface area contributed by atoms with E-state index in [-0.39, 0.29) is 11.6 Å². The molecule has 6 aliphatic rings. The summed E-state index contributed by atoms with van der Waals surface area (Å²) in [7, 11) is 0. The van der Waals surface area contributed by atoms with Crippen LogP contribution in [-0.4, -0.2) is 34.6 Å². The number of urea groups is 1. The molecule has 2 N–H and O–H groups in total. The number of carbonyl (C=O) groups excluding carboxylic acids is 1. The highest BCUT2D eigenvalue weighted by Crippen LogP contribution is 2.62. The number of amides is 2. The van der Waals surface area contributed by atoms with E-state index in [1.54, 1.807) is 11.1 Å². The zero-order chi connectivity index (χ0) is 23.6. The summed E-state index contributed by atoms with van der Waals surface area (Å²) in [6.07, 6.45) is 10.6. The van der Waals surface area contributed by atoms with Gasteiger partial charge in [-0.2, -0.15) is 0 Å². The molecule has 2 aliphatic heterocycles. The van der Waals surface area contributed by atoms with E-state index in [0.717, 1.165) is 38.6 Å². The van der Waals surface area contributed by atoms with E-state index in [1.165, 1.54) is 31.2 Å². The van der Waals surface area contributed by atoms with E-state index in [2.05, 4.69) is 77.1 Å². The van der Waals surface area contributed by atoms with Crippen LogP contribution in [0.2, 0.25) is 0 Å². The molecule has 184 valence electrons. The van der Waals surface area contributed by atoms with E-state index in [4.69, 9.17) is 0 Å². The third-order valence-electron chi connectivity index (χ3n) is 10.2. The number of benzene rings is 2. The lowest BCUT2D eigenvalue weighted by atomic mass is 9.55. The van der Waals surface area contributed by atoms with Crippen molar-refractivity contribution in [1.82, 2.24) is 15.5 Å². The second kappa shape index (κ2) is 8.09. The molecule has 3 unspecified atom stereocenters. The topological polar surface area (TPSA) is 44.4 Å². The van der Waals surface area contributed by atoms with Crippen LogP contribution in [0.15, 0.2) is 54.6 Å². The average molecular weight is 470 g/mol. The lowest BCUT2D eigenvalue weighted by Crippen LogP contribution is -2.61. The number of piperidine rings is 1. The number of nitrogens with one attached hydrogen (secondary N) is 2. The summed E-state index contributed by atoms with van der Waals surface area (Å²) in [6, 6.07) is 21.6. The Morgan fingerprint density at radius 2 is 1.49 bits per heavy atom. The molecule has 0 spiro atoms. The molecule has 6 bridgehead atoms. The third kappa shape index (κ3) is 3.89. The zero-order valence-corrected chi connectivity index (χ0v) is 21.0. The second-order valence-corrected chi connectivity index (χ2v) is 12.9. The van der Waals surface area contributed by atoms with Gasteiger partial charge in [-0.3, -0.25) is 4.90 Å². The Kier molecular flexibility index (Phi) is 5.07. The lowest BCUT2D eigenvalue weighted by molar-refractivity contribution is 0.0365. The number of rotatable bonds is 4. The molecule has 2 amide bonds. The summed E-state index contributed by atoms with van der Waals surface area (Å²) < 4.78 is 0. The Bertz CT molecular complexity index is 1060. The van der Waals surface area contributed by atoms with Crippen molar-refractivity contribution >= 4 is 6.03 Å². The predicted molar refractivity (Wildman–Crippen MR) is 139 cm³/mol. The van der Waals surface area contributed by atoms with Gasteiger partial charge >= 0.3 is 6.03 Å². The van der Waals surface area contributed by atoms with Gasteiger partial charge in [-0.25, -0.2) is 4.79 Å². The van der Waals surface area contributed by atoms with E-state index >= 15 is 0 Å². The van der Waals surface area contributed by atoms with Gasteiger partial charge in [-0.05, 0) is 91.7 Å². The number of carbonyl (C=O) groups is 1. The Morgan fingerprint density at radius 3 is 2.11 bits per heavy atom. The fraction of sp³-hybridized carbons (Fsp3) is 0.581. The minimum absolute atomic E-state index is 0.0588. The summed E-state index contributed by atoms with van der Waals surface area (Å²) in [5.74, 6) is 1.16. The smallest absolute Gasteiger partial charge is 0.315 e. The Hall–Kier alpha value is -2.33. The summed E-state index contributed by atoms with van der Waals surface area (Å²) in [5, 5.41) is 7.07. The van der Waals surface area contributed by atoms with Crippen molar-refractivity contribution in [1.29, 1.82) is 0 Å². The van der Waals surface area contributed by atoms with E-state index in [0.29, 0.717) is 35.4 Å². The van der Waals surface area contributed by atoms with E-state index in [9.17, 15) is 4.79 Å². The highest BCUT2D eigenvalue weighted by atomic mass is 16.2. The highest BCUT2D eigenvalue weighted by molar-refractivity contribution is 5.75. The fourth-order valence-electron chi connectivity index (χ4n) is 9.30. The first kappa shape index (κ1) is 21.9. The van der Waals surface area contributed by atoms with Crippen molar-refractivity contribution in [2.45, 2.75) is 107 Å². The first-order valence-electron chi connectivity index (χ1n) is 13.9. The molecule has 0 radical (unpaired) electrons. The monoisotopic (exact) mass is 469 g/mol. The molecule has 5 atom stereocenters. The minimum Gasteiger partial charge on any atom is -0.335 e. The van der Waals surface area contributed by atoms with Crippen molar-refractivity contribution in [2.24, 2.45) is 5.41 Å². The normalized spacial score (nSPS) is 39.2. The van der Waals surface area contributed by atoms with Crippen molar-refractivity contribution in [3.05, 3.63) is 71.3 Å². The lowest BCUT2D eigenvalue weighted by Gasteiger charge is -2.54. The maximum Gasteiger partial charge on any atom is 0.315 e. The summed E-state index contributed by atoms with van der Waals surface area (Å²) in [5.41, 5.74) is 4.80.